The van der Waals surface area contributed by atoms with Crippen molar-refractivity contribution in [1.29, 1.82) is 0 Å². The van der Waals surface area contributed by atoms with E-state index in [1.165, 1.54) is 0 Å². The molecule has 31 heavy (non-hydrogen) atoms. The molecule has 0 saturated carbocycles. The molecule has 0 heterocycles. The van der Waals surface area contributed by atoms with Crippen LogP contribution in [0.1, 0.15) is 13.8 Å². The monoisotopic (exact) mass is 513 g/mol. The van der Waals surface area contributed by atoms with Crippen molar-refractivity contribution in [2.45, 2.75) is 49.0 Å². The van der Waals surface area contributed by atoms with Gasteiger partial charge < -0.3 is 4.74 Å². The molecule has 0 amide bonds. The Morgan fingerprint density at radius 2 is 1.13 bits per heavy atom. The van der Waals surface area contributed by atoms with Gasteiger partial charge in [0.2, 0.25) is 0 Å². The van der Waals surface area contributed by atoms with Crippen molar-refractivity contribution >= 4 is 16.0 Å². The molecule has 0 aromatic heterocycles. The maximum absolute atomic E-state index is 13.9. The lowest BCUT2D eigenvalue weighted by Crippen LogP contribution is -2.72. The van der Waals surface area contributed by atoms with Crippen molar-refractivity contribution in [1.82, 2.24) is 4.31 Å². The molecule has 0 aliphatic carbocycles. The number of carbonyl (C=O) groups is 1. The fourth-order valence-corrected chi connectivity index (χ4v) is 3.19. The van der Waals surface area contributed by atoms with Gasteiger partial charge in [-0.05, 0) is 6.92 Å². The number of hydrogen-bond acceptors (Lipinski definition) is 4. The van der Waals surface area contributed by atoms with Crippen LogP contribution in [0, 0.1) is 0 Å². The Morgan fingerprint density at radius 3 is 1.45 bits per heavy atom. The molecule has 0 fully saturated rings. The lowest BCUT2D eigenvalue weighted by molar-refractivity contribution is -0.433. The Labute approximate surface area is 165 Å². The number of halogens is 13. The molecule has 186 valence electrons. The molecule has 0 N–H and O–H groups in total. The van der Waals surface area contributed by atoms with Crippen LogP contribution >= 0.6 is 0 Å². The van der Waals surface area contributed by atoms with Crippen molar-refractivity contribution < 1.29 is 75.0 Å². The number of alkyl halides is 13. The van der Waals surface area contributed by atoms with Crippen molar-refractivity contribution in [2.24, 2.45) is 0 Å². The van der Waals surface area contributed by atoms with E-state index in [4.69, 9.17) is 0 Å². The summed E-state index contributed by atoms with van der Waals surface area (Å²) in [6.45, 7) is -2.02. The lowest BCUT2D eigenvalue weighted by atomic mass is 9.98. The zero-order valence-electron chi connectivity index (χ0n) is 15.0. The lowest BCUT2D eigenvalue weighted by Gasteiger charge is -2.40. The second-order valence-electron chi connectivity index (χ2n) is 5.55. The molecule has 0 radical (unpaired) electrons. The van der Waals surface area contributed by atoms with E-state index in [1.807, 2.05) is 0 Å². The third-order valence-corrected chi connectivity index (χ3v) is 5.50. The summed E-state index contributed by atoms with van der Waals surface area (Å²) in [5, 5.41) is -7.39. The molecule has 0 rings (SSSR count). The van der Waals surface area contributed by atoms with Crippen LogP contribution in [-0.2, 0) is 19.6 Å². The first kappa shape index (κ1) is 29.5. The largest absolute Gasteiger partial charge is 0.465 e. The van der Waals surface area contributed by atoms with Crippen LogP contribution < -0.4 is 0 Å². The van der Waals surface area contributed by atoms with Gasteiger partial charge in [0.05, 0.1) is 6.61 Å². The second kappa shape index (κ2) is 8.43. The number of likely N-dealkylation sites (N-methyl/N-ethyl adjacent to an activating group) is 1. The zero-order valence-corrected chi connectivity index (χ0v) is 15.8. The number of carbonyl (C=O) groups excluding carboxylic acids is 1. The molecule has 0 atom stereocenters. The van der Waals surface area contributed by atoms with Gasteiger partial charge in [-0.3, -0.25) is 4.79 Å². The molecule has 0 aromatic carbocycles. The van der Waals surface area contributed by atoms with Gasteiger partial charge in [-0.15, -0.1) is 0 Å². The van der Waals surface area contributed by atoms with E-state index in [1.54, 1.807) is 0 Å². The number of ether oxygens (including phenoxy) is 1. The van der Waals surface area contributed by atoms with Crippen LogP contribution in [0.15, 0.2) is 0 Å². The second-order valence-corrected chi connectivity index (χ2v) is 7.53. The number of hydrogen-bond donors (Lipinski definition) is 0. The van der Waals surface area contributed by atoms with Gasteiger partial charge in [0.25, 0.3) is 10.0 Å². The van der Waals surface area contributed by atoms with Gasteiger partial charge in [-0.2, -0.15) is 61.4 Å². The quantitative estimate of drug-likeness (QED) is 0.329. The summed E-state index contributed by atoms with van der Waals surface area (Å²) in [5.41, 5.74) is 0. The fraction of sp³-hybridized carbons (Fsp3) is 0.917. The number of rotatable bonds is 10. The first-order valence-electron chi connectivity index (χ1n) is 7.52. The van der Waals surface area contributed by atoms with Crippen molar-refractivity contribution in [3.63, 3.8) is 0 Å². The van der Waals surface area contributed by atoms with Crippen molar-refractivity contribution in [3.05, 3.63) is 0 Å². The Hall–Kier alpha value is -1.53. The van der Waals surface area contributed by atoms with E-state index in [0.717, 1.165) is 6.92 Å². The van der Waals surface area contributed by atoms with Crippen LogP contribution in [0.3, 0.4) is 0 Å². The zero-order chi connectivity index (χ0) is 25.5. The minimum atomic E-state index is -8.26. The summed E-state index contributed by atoms with van der Waals surface area (Å²) >= 11 is 0. The minimum Gasteiger partial charge on any atom is -0.465 e. The molecule has 0 spiro atoms. The normalized spacial score (nSPS) is 15.4. The predicted octanol–water partition coefficient (Wildman–Crippen LogP) is 3.90. The summed E-state index contributed by atoms with van der Waals surface area (Å²) in [6, 6.07) is 0. The highest BCUT2D eigenvalue weighted by Crippen LogP contribution is 2.61. The van der Waals surface area contributed by atoms with Gasteiger partial charge in [0.1, 0.15) is 6.54 Å². The average molecular weight is 513 g/mol. The maximum Gasteiger partial charge on any atom is 0.460 e. The smallest absolute Gasteiger partial charge is 0.460 e. The van der Waals surface area contributed by atoms with Crippen LogP contribution in [0.2, 0.25) is 0 Å². The first-order valence-corrected chi connectivity index (χ1v) is 8.96. The fourth-order valence-electron chi connectivity index (χ4n) is 1.80. The predicted molar refractivity (Wildman–Crippen MR) is 73.6 cm³/mol. The van der Waals surface area contributed by atoms with E-state index < -0.39 is 75.1 Å². The van der Waals surface area contributed by atoms with E-state index in [0.29, 0.717) is 6.92 Å². The Balaban J connectivity index is 6.58. The highest BCUT2D eigenvalue weighted by atomic mass is 32.2. The van der Waals surface area contributed by atoms with E-state index in [2.05, 4.69) is 4.74 Å². The van der Waals surface area contributed by atoms with Crippen LogP contribution in [0.4, 0.5) is 57.1 Å². The van der Waals surface area contributed by atoms with E-state index >= 15 is 0 Å². The first-order chi connectivity index (χ1) is 13.4. The molecule has 0 aliphatic rings. The summed E-state index contributed by atoms with van der Waals surface area (Å²) in [5.74, 6) is -34.2. The Kier molecular flexibility index (Phi) is 8.02. The SMILES string of the molecule is CCOC(=O)CN(CC)S(=O)(=O)C(F)(F)C(F)(F)C(F)(F)C(F)(F)C(F)(F)C(F)(F)F. The molecule has 0 unspecified atom stereocenters. The Bertz CT molecular complexity index is 763. The van der Waals surface area contributed by atoms with Crippen LogP contribution in [-0.4, -0.2) is 73.5 Å². The Morgan fingerprint density at radius 1 is 0.742 bits per heavy atom. The van der Waals surface area contributed by atoms with Crippen LogP contribution in [0.5, 0.6) is 0 Å². The van der Waals surface area contributed by atoms with Crippen molar-refractivity contribution in [2.75, 3.05) is 19.7 Å². The molecule has 0 bridgehead atoms. The summed E-state index contributed by atoms with van der Waals surface area (Å²) in [7, 11) is -7.24. The highest BCUT2D eigenvalue weighted by molar-refractivity contribution is 7.90. The minimum absolute atomic E-state index is 0.514. The highest BCUT2D eigenvalue weighted by Gasteiger charge is 2.92. The van der Waals surface area contributed by atoms with Gasteiger partial charge >= 0.3 is 41.1 Å². The average Bonchev–Trinajstić information content (AvgIpc) is 2.57. The summed E-state index contributed by atoms with van der Waals surface area (Å²) in [6.07, 6.45) is -7.62. The molecule has 0 saturated heterocycles. The summed E-state index contributed by atoms with van der Waals surface area (Å²) in [4.78, 5) is 11.2. The number of esters is 1. The number of sulfonamides is 1. The number of nitrogens with zero attached hydrogens (tertiary/aromatic N) is 1. The molecule has 19 heteroatoms. The standard InChI is InChI=1S/C12H12F13NO4S/c1-3-26(5-6(27)30-4-2)31(28,29)12(24,25)10(19,20)8(15,16)7(13,14)9(17,18)11(21,22)23/h3-5H2,1-2H3. The van der Waals surface area contributed by atoms with Gasteiger partial charge in [0.15, 0.2) is 0 Å². The molecule has 0 aromatic rings. The van der Waals surface area contributed by atoms with Gasteiger partial charge in [0, 0.05) is 6.54 Å². The molecular weight excluding hydrogens is 501 g/mol. The third-order valence-electron chi connectivity index (χ3n) is 3.53. The molecular formula is C12H12F13NO4S. The molecule has 0 aliphatic heterocycles. The summed E-state index contributed by atoms with van der Waals surface area (Å²) < 4.78 is 196. The van der Waals surface area contributed by atoms with Gasteiger partial charge in [-0.25, -0.2) is 8.42 Å². The van der Waals surface area contributed by atoms with E-state index in [9.17, 15) is 70.3 Å². The third kappa shape index (κ3) is 4.38. The molecule has 5 nitrogen and oxygen atoms in total. The maximum atomic E-state index is 13.9. The van der Waals surface area contributed by atoms with E-state index in [-0.39, 0.29) is 0 Å². The van der Waals surface area contributed by atoms with Crippen molar-refractivity contribution in [3.8, 4) is 0 Å². The topological polar surface area (TPSA) is 63.7 Å². The van der Waals surface area contributed by atoms with Gasteiger partial charge in [-0.1, -0.05) is 6.92 Å². The van der Waals surface area contributed by atoms with Crippen LogP contribution in [0.25, 0.3) is 0 Å².